The Balaban J connectivity index is 1.53. The van der Waals surface area contributed by atoms with E-state index in [0.29, 0.717) is 11.2 Å². The van der Waals surface area contributed by atoms with E-state index in [4.69, 9.17) is 11.6 Å². The van der Waals surface area contributed by atoms with Crippen LogP contribution < -0.4 is 10.2 Å². The summed E-state index contributed by atoms with van der Waals surface area (Å²) in [5, 5.41) is 6.13. The molecular weight excluding hydrogens is 322 g/mol. The molecule has 122 valence electrons. The molecule has 6 heteroatoms. The molecule has 0 saturated carbocycles. The number of benzene rings is 1. The summed E-state index contributed by atoms with van der Waals surface area (Å²) in [4.78, 5) is 15.4. The Morgan fingerprint density at radius 3 is 2.83 bits per heavy atom. The minimum Gasteiger partial charge on any atom is -0.365 e. The van der Waals surface area contributed by atoms with Crippen molar-refractivity contribution in [1.29, 1.82) is 0 Å². The molecule has 0 aliphatic carbocycles. The fraction of sp³-hybridized carbons (Fsp3) is 0.278. The van der Waals surface area contributed by atoms with Gasteiger partial charge >= 0.3 is 0 Å². The van der Waals surface area contributed by atoms with E-state index in [2.05, 4.69) is 37.3 Å². The molecule has 5 nitrogen and oxygen atoms in total. The van der Waals surface area contributed by atoms with E-state index in [1.54, 1.807) is 12.4 Å². The molecule has 1 atom stereocenters. The van der Waals surface area contributed by atoms with Crippen LogP contribution >= 0.6 is 11.6 Å². The second-order valence-electron chi connectivity index (χ2n) is 6.00. The van der Waals surface area contributed by atoms with Crippen LogP contribution in [0.15, 0.2) is 48.8 Å². The maximum Gasteiger partial charge on any atom is 0.225 e. The van der Waals surface area contributed by atoms with E-state index >= 15 is 0 Å². The number of anilines is 2. The Morgan fingerprint density at radius 2 is 1.96 bits per heavy atom. The Hall–Kier alpha value is -2.40. The van der Waals surface area contributed by atoms with Crippen LogP contribution in [0.25, 0.3) is 10.8 Å². The predicted octanol–water partition coefficient (Wildman–Crippen LogP) is 3.76. The highest BCUT2D eigenvalue weighted by Crippen LogP contribution is 2.26. The van der Waals surface area contributed by atoms with Gasteiger partial charge in [-0.15, -0.1) is 0 Å². The van der Waals surface area contributed by atoms with Crippen molar-refractivity contribution in [2.45, 2.75) is 18.9 Å². The van der Waals surface area contributed by atoms with Gasteiger partial charge < -0.3 is 10.2 Å². The van der Waals surface area contributed by atoms with E-state index < -0.39 is 0 Å². The zero-order valence-electron chi connectivity index (χ0n) is 13.2. The molecule has 2 aromatic heterocycles. The van der Waals surface area contributed by atoms with Gasteiger partial charge in [0.25, 0.3) is 0 Å². The number of rotatable bonds is 3. The SMILES string of the molecule is Clc1nc(NC2CCCN(c3ncccn3)C2)cc2ccccc12. The summed E-state index contributed by atoms with van der Waals surface area (Å²) < 4.78 is 0. The normalized spacial score (nSPS) is 17.9. The fourth-order valence-corrected chi connectivity index (χ4v) is 3.43. The van der Waals surface area contributed by atoms with Crippen LogP contribution in [0.4, 0.5) is 11.8 Å². The van der Waals surface area contributed by atoms with Gasteiger partial charge in [-0.1, -0.05) is 35.9 Å². The monoisotopic (exact) mass is 339 g/mol. The van der Waals surface area contributed by atoms with Crippen LogP contribution in [0, 0.1) is 0 Å². The number of nitrogens with one attached hydrogen (secondary N) is 1. The topological polar surface area (TPSA) is 53.9 Å². The Bertz CT molecular complexity index is 839. The standard InChI is InChI=1S/C18H18ClN5/c19-17-15-7-2-1-5-13(15)11-16(23-17)22-14-6-3-10-24(12-14)18-20-8-4-9-21-18/h1-2,4-5,7-9,11,14H,3,6,10,12H2,(H,22,23). The summed E-state index contributed by atoms with van der Waals surface area (Å²) >= 11 is 6.32. The lowest BCUT2D eigenvalue weighted by atomic mass is 10.1. The van der Waals surface area contributed by atoms with Crippen LogP contribution in [0.3, 0.4) is 0 Å². The highest BCUT2D eigenvalue weighted by molar-refractivity contribution is 6.34. The lowest BCUT2D eigenvalue weighted by molar-refractivity contribution is 0.522. The second-order valence-corrected chi connectivity index (χ2v) is 6.36. The van der Waals surface area contributed by atoms with Gasteiger partial charge in [0.15, 0.2) is 0 Å². The van der Waals surface area contributed by atoms with Crippen molar-refractivity contribution in [3.8, 4) is 0 Å². The summed E-state index contributed by atoms with van der Waals surface area (Å²) in [5.74, 6) is 1.60. The van der Waals surface area contributed by atoms with Gasteiger partial charge in [0.05, 0.1) is 0 Å². The van der Waals surface area contributed by atoms with Gasteiger partial charge in [-0.05, 0) is 30.4 Å². The largest absolute Gasteiger partial charge is 0.365 e. The van der Waals surface area contributed by atoms with E-state index in [0.717, 1.165) is 48.5 Å². The molecule has 0 spiro atoms. The van der Waals surface area contributed by atoms with Crippen molar-refractivity contribution in [2.24, 2.45) is 0 Å². The molecular formula is C18H18ClN5. The average Bonchev–Trinajstić information content (AvgIpc) is 2.63. The molecule has 1 aliphatic heterocycles. The van der Waals surface area contributed by atoms with Crippen molar-refractivity contribution in [3.63, 3.8) is 0 Å². The van der Waals surface area contributed by atoms with Crippen LogP contribution in [0.5, 0.6) is 0 Å². The first kappa shape index (κ1) is 15.1. The van der Waals surface area contributed by atoms with Crippen molar-refractivity contribution < 1.29 is 0 Å². The van der Waals surface area contributed by atoms with Gasteiger partial charge in [0, 0.05) is 36.9 Å². The van der Waals surface area contributed by atoms with Gasteiger partial charge in [-0.25, -0.2) is 15.0 Å². The van der Waals surface area contributed by atoms with Crippen molar-refractivity contribution in [1.82, 2.24) is 15.0 Å². The predicted molar refractivity (Wildman–Crippen MR) is 97.6 cm³/mol. The zero-order valence-corrected chi connectivity index (χ0v) is 13.9. The molecule has 1 unspecified atom stereocenters. The lowest BCUT2D eigenvalue weighted by Gasteiger charge is -2.33. The summed E-state index contributed by atoms with van der Waals surface area (Å²) in [7, 11) is 0. The summed E-state index contributed by atoms with van der Waals surface area (Å²) in [6.07, 6.45) is 5.75. The van der Waals surface area contributed by atoms with Crippen LogP contribution in [0.1, 0.15) is 12.8 Å². The van der Waals surface area contributed by atoms with Gasteiger partial charge in [-0.2, -0.15) is 0 Å². The van der Waals surface area contributed by atoms with Crippen LogP contribution in [-0.4, -0.2) is 34.1 Å². The number of hydrogen-bond acceptors (Lipinski definition) is 5. The molecule has 1 aromatic carbocycles. The molecule has 1 saturated heterocycles. The Labute approximate surface area is 145 Å². The molecule has 3 aromatic rings. The number of piperidine rings is 1. The van der Waals surface area contributed by atoms with E-state index in [-0.39, 0.29) is 0 Å². The number of hydrogen-bond donors (Lipinski definition) is 1. The summed E-state index contributed by atoms with van der Waals surface area (Å²) in [5.41, 5.74) is 0. The molecule has 24 heavy (non-hydrogen) atoms. The van der Waals surface area contributed by atoms with E-state index in [1.165, 1.54) is 0 Å². The second kappa shape index (κ2) is 6.61. The molecule has 4 rings (SSSR count). The highest BCUT2D eigenvalue weighted by atomic mass is 35.5. The van der Waals surface area contributed by atoms with Crippen LogP contribution in [-0.2, 0) is 0 Å². The van der Waals surface area contributed by atoms with Crippen LogP contribution in [0.2, 0.25) is 5.15 Å². The first-order chi connectivity index (χ1) is 11.8. The summed E-state index contributed by atoms with van der Waals surface area (Å²) in [6.45, 7) is 1.84. The minimum atomic E-state index is 0.298. The van der Waals surface area contributed by atoms with E-state index in [9.17, 15) is 0 Å². The minimum absolute atomic E-state index is 0.298. The number of aromatic nitrogens is 3. The average molecular weight is 340 g/mol. The van der Waals surface area contributed by atoms with Gasteiger partial charge in [0.1, 0.15) is 11.0 Å². The molecule has 1 fully saturated rings. The smallest absolute Gasteiger partial charge is 0.225 e. The molecule has 1 aliphatic rings. The Morgan fingerprint density at radius 1 is 1.12 bits per heavy atom. The number of pyridine rings is 1. The zero-order chi connectivity index (χ0) is 16.4. The maximum atomic E-state index is 6.32. The molecule has 0 amide bonds. The molecule has 0 bridgehead atoms. The molecule has 1 N–H and O–H groups in total. The molecule has 3 heterocycles. The van der Waals surface area contributed by atoms with E-state index in [1.807, 2.05) is 24.3 Å². The number of nitrogens with zero attached hydrogens (tertiary/aromatic N) is 4. The number of fused-ring (bicyclic) bond motifs is 1. The molecule has 0 radical (unpaired) electrons. The fourth-order valence-electron chi connectivity index (χ4n) is 3.17. The first-order valence-electron chi connectivity index (χ1n) is 8.13. The van der Waals surface area contributed by atoms with Gasteiger partial charge in [-0.3, -0.25) is 0 Å². The quantitative estimate of drug-likeness (QED) is 0.736. The third kappa shape index (κ3) is 3.12. The van der Waals surface area contributed by atoms with Crippen molar-refractivity contribution in [3.05, 3.63) is 53.9 Å². The van der Waals surface area contributed by atoms with Crippen molar-refractivity contribution in [2.75, 3.05) is 23.3 Å². The van der Waals surface area contributed by atoms with Crippen molar-refractivity contribution >= 4 is 34.1 Å². The van der Waals surface area contributed by atoms with Gasteiger partial charge in [0.2, 0.25) is 5.95 Å². The third-order valence-electron chi connectivity index (χ3n) is 4.30. The Kier molecular flexibility index (Phi) is 4.17. The highest BCUT2D eigenvalue weighted by Gasteiger charge is 2.22. The third-order valence-corrected chi connectivity index (χ3v) is 4.59. The maximum absolute atomic E-state index is 6.32. The lowest BCUT2D eigenvalue weighted by Crippen LogP contribution is -2.43. The summed E-state index contributed by atoms with van der Waals surface area (Å²) in [6, 6.07) is 12.2. The number of halogens is 1. The first-order valence-corrected chi connectivity index (χ1v) is 8.51.